The number of nitrogens with zero attached hydrogens (tertiary/aromatic N) is 2. The molecule has 2 fully saturated rings. The summed E-state index contributed by atoms with van der Waals surface area (Å²) in [5, 5.41) is 9.84. The molecule has 21 heavy (non-hydrogen) atoms. The topological polar surface area (TPSA) is 45.5 Å². The molecule has 1 saturated carbocycles. The van der Waals surface area contributed by atoms with Crippen molar-refractivity contribution in [1.82, 2.24) is 9.47 Å². The van der Waals surface area contributed by atoms with Crippen LogP contribution in [0.15, 0.2) is 17.1 Å². The first-order valence-corrected chi connectivity index (χ1v) is 8.40. The van der Waals surface area contributed by atoms with Crippen LogP contribution in [-0.4, -0.2) is 27.7 Å². The summed E-state index contributed by atoms with van der Waals surface area (Å²) in [7, 11) is 0. The maximum absolute atomic E-state index is 11.8. The van der Waals surface area contributed by atoms with Gasteiger partial charge in [-0.25, -0.2) is 0 Å². The summed E-state index contributed by atoms with van der Waals surface area (Å²) in [5.74, 6) is -0.107. The first-order valence-electron chi connectivity index (χ1n) is 8.40. The van der Waals surface area contributed by atoms with E-state index in [-0.39, 0.29) is 11.2 Å². The SMILES string of the molecule is O=c1cc(CN2CCCC2)n(C2CCCCCC2)cc1O. The van der Waals surface area contributed by atoms with Crippen molar-refractivity contribution < 1.29 is 5.11 Å². The number of aromatic nitrogens is 1. The van der Waals surface area contributed by atoms with E-state index in [0.717, 1.165) is 38.2 Å². The van der Waals surface area contributed by atoms with E-state index in [9.17, 15) is 9.90 Å². The minimum absolute atomic E-state index is 0.107. The van der Waals surface area contributed by atoms with Crippen molar-refractivity contribution in [2.75, 3.05) is 13.1 Å². The fourth-order valence-corrected chi connectivity index (χ4v) is 3.75. The zero-order valence-electron chi connectivity index (χ0n) is 12.8. The Morgan fingerprint density at radius 2 is 1.71 bits per heavy atom. The van der Waals surface area contributed by atoms with Gasteiger partial charge in [-0.05, 0) is 38.8 Å². The predicted octanol–water partition coefficient (Wildman–Crippen LogP) is 3.05. The van der Waals surface area contributed by atoms with Crippen molar-refractivity contribution in [1.29, 1.82) is 0 Å². The largest absolute Gasteiger partial charge is 0.503 e. The van der Waals surface area contributed by atoms with Crippen molar-refractivity contribution in [3.63, 3.8) is 0 Å². The molecular weight excluding hydrogens is 264 g/mol. The Hall–Kier alpha value is -1.29. The van der Waals surface area contributed by atoms with Crippen LogP contribution in [0.2, 0.25) is 0 Å². The van der Waals surface area contributed by atoms with E-state index in [4.69, 9.17) is 0 Å². The molecule has 0 spiro atoms. The first kappa shape index (κ1) is 14.6. The van der Waals surface area contributed by atoms with Crippen LogP contribution < -0.4 is 5.43 Å². The molecule has 2 aliphatic rings. The van der Waals surface area contributed by atoms with E-state index in [0.29, 0.717) is 6.04 Å². The Morgan fingerprint density at radius 3 is 2.38 bits per heavy atom. The zero-order valence-corrected chi connectivity index (χ0v) is 12.8. The summed E-state index contributed by atoms with van der Waals surface area (Å²) in [6, 6.07) is 2.09. The molecule has 1 aliphatic carbocycles. The maximum atomic E-state index is 11.8. The molecule has 1 aromatic rings. The number of pyridine rings is 1. The van der Waals surface area contributed by atoms with E-state index in [1.165, 1.54) is 38.5 Å². The van der Waals surface area contributed by atoms with Gasteiger partial charge in [-0.15, -0.1) is 0 Å². The highest BCUT2D eigenvalue weighted by molar-refractivity contribution is 5.21. The molecule has 1 aliphatic heterocycles. The minimum Gasteiger partial charge on any atom is -0.503 e. The lowest BCUT2D eigenvalue weighted by Gasteiger charge is -2.25. The van der Waals surface area contributed by atoms with Crippen LogP contribution in [0.3, 0.4) is 0 Å². The predicted molar refractivity (Wildman–Crippen MR) is 83.6 cm³/mol. The maximum Gasteiger partial charge on any atom is 0.223 e. The summed E-state index contributed by atoms with van der Waals surface area (Å²) in [4.78, 5) is 14.3. The molecule has 0 radical (unpaired) electrons. The van der Waals surface area contributed by atoms with E-state index in [2.05, 4.69) is 9.47 Å². The van der Waals surface area contributed by atoms with Gasteiger partial charge in [0.2, 0.25) is 5.43 Å². The van der Waals surface area contributed by atoms with Gasteiger partial charge in [-0.1, -0.05) is 25.7 Å². The van der Waals surface area contributed by atoms with E-state index < -0.39 is 0 Å². The number of rotatable bonds is 3. The average molecular weight is 290 g/mol. The molecule has 0 amide bonds. The number of likely N-dealkylation sites (tertiary alicyclic amines) is 1. The molecule has 0 unspecified atom stereocenters. The van der Waals surface area contributed by atoms with E-state index >= 15 is 0 Å². The van der Waals surface area contributed by atoms with Gasteiger partial charge < -0.3 is 9.67 Å². The van der Waals surface area contributed by atoms with Crippen molar-refractivity contribution in [2.24, 2.45) is 0 Å². The third kappa shape index (κ3) is 3.49. The fourth-order valence-electron chi connectivity index (χ4n) is 3.75. The summed E-state index contributed by atoms with van der Waals surface area (Å²) in [5.41, 5.74) is 0.834. The van der Waals surface area contributed by atoms with Crippen molar-refractivity contribution in [3.05, 3.63) is 28.2 Å². The highest BCUT2D eigenvalue weighted by Crippen LogP contribution is 2.29. The smallest absolute Gasteiger partial charge is 0.223 e. The Kier molecular flexibility index (Phi) is 4.63. The van der Waals surface area contributed by atoms with Crippen LogP contribution in [0.5, 0.6) is 5.75 Å². The molecule has 0 aromatic carbocycles. The van der Waals surface area contributed by atoms with E-state index in [1.54, 1.807) is 12.3 Å². The Bertz CT molecular complexity index is 524. The average Bonchev–Trinajstić information content (AvgIpc) is 2.83. The third-order valence-corrected chi connectivity index (χ3v) is 4.95. The molecule has 4 heteroatoms. The third-order valence-electron chi connectivity index (χ3n) is 4.95. The monoisotopic (exact) mass is 290 g/mol. The standard InChI is InChI=1S/C17H26N2O2/c20-16-11-15(12-18-9-5-6-10-18)19(13-17(16)21)14-7-3-1-2-4-8-14/h11,13-14,21H,1-10,12H2. The molecule has 1 N–H and O–H groups in total. The molecule has 0 atom stereocenters. The quantitative estimate of drug-likeness (QED) is 0.870. The van der Waals surface area contributed by atoms with Crippen molar-refractivity contribution in [2.45, 2.75) is 64.0 Å². The van der Waals surface area contributed by atoms with Crippen LogP contribution in [-0.2, 0) is 6.54 Å². The van der Waals surface area contributed by atoms with Crippen LogP contribution in [0.4, 0.5) is 0 Å². The highest BCUT2D eigenvalue weighted by Gasteiger charge is 2.20. The summed E-state index contributed by atoms with van der Waals surface area (Å²) in [6.07, 6.45) is 11.6. The second-order valence-corrected chi connectivity index (χ2v) is 6.55. The normalized spacial score (nSPS) is 21.5. The molecule has 0 bridgehead atoms. The van der Waals surface area contributed by atoms with Crippen LogP contribution in [0, 0.1) is 0 Å². The summed E-state index contributed by atoms with van der Waals surface area (Å²) < 4.78 is 2.19. The second kappa shape index (κ2) is 6.65. The highest BCUT2D eigenvalue weighted by atomic mass is 16.3. The van der Waals surface area contributed by atoms with Crippen LogP contribution in [0.25, 0.3) is 0 Å². The van der Waals surface area contributed by atoms with Gasteiger partial charge in [0.25, 0.3) is 0 Å². The lowest BCUT2D eigenvalue weighted by atomic mass is 10.1. The Morgan fingerprint density at radius 1 is 1.05 bits per heavy atom. The Labute approximate surface area is 126 Å². The van der Waals surface area contributed by atoms with Crippen molar-refractivity contribution >= 4 is 0 Å². The van der Waals surface area contributed by atoms with Gasteiger partial charge >= 0.3 is 0 Å². The molecule has 1 saturated heterocycles. The zero-order chi connectivity index (χ0) is 14.7. The van der Waals surface area contributed by atoms with Gasteiger partial charge in [0, 0.05) is 24.3 Å². The molecule has 3 rings (SSSR count). The van der Waals surface area contributed by atoms with E-state index in [1.807, 2.05) is 0 Å². The van der Waals surface area contributed by atoms with Crippen LogP contribution >= 0.6 is 0 Å². The molecule has 116 valence electrons. The lowest BCUT2D eigenvalue weighted by molar-refractivity contribution is 0.307. The van der Waals surface area contributed by atoms with Crippen LogP contribution in [0.1, 0.15) is 63.1 Å². The van der Waals surface area contributed by atoms with Gasteiger partial charge in [-0.2, -0.15) is 0 Å². The molecule has 4 nitrogen and oxygen atoms in total. The van der Waals surface area contributed by atoms with Crippen molar-refractivity contribution in [3.8, 4) is 5.75 Å². The fraction of sp³-hybridized carbons (Fsp3) is 0.706. The minimum atomic E-state index is -0.242. The molecular formula is C17H26N2O2. The van der Waals surface area contributed by atoms with Gasteiger partial charge in [0.15, 0.2) is 5.75 Å². The number of aromatic hydroxyl groups is 1. The summed E-state index contributed by atoms with van der Waals surface area (Å²) >= 11 is 0. The second-order valence-electron chi connectivity index (χ2n) is 6.55. The Balaban J connectivity index is 1.88. The molecule has 2 heterocycles. The van der Waals surface area contributed by atoms with Gasteiger partial charge in [-0.3, -0.25) is 9.69 Å². The molecule has 1 aromatic heterocycles. The van der Waals surface area contributed by atoms with Gasteiger partial charge in [0.05, 0.1) is 6.20 Å². The number of hydrogen-bond acceptors (Lipinski definition) is 3. The first-order chi connectivity index (χ1) is 10.2. The number of hydrogen-bond donors (Lipinski definition) is 1. The van der Waals surface area contributed by atoms with Gasteiger partial charge in [0.1, 0.15) is 0 Å². The lowest BCUT2D eigenvalue weighted by Crippen LogP contribution is -2.25. The summed E-state index contributed by atoms with van der Waals surface area (Å²) in [6.45, 7) is 3.09.